The highest BCUT2D eigenvalue weighted by molar-refractivity contribution is 5.94. The third kappa shape index (κ3) is 3.48. The highest BCUT2D eigenvalue weighted by Gasteiger charge is 2.25. The van der Waals surface area contributed by atoms with E-state index in [1.54, 1.807) is 0 Å². The summed E-state index contributed by atoms with van der Waals surface area (Å²) < 4.78 is 0. The van der Waals surface area contributed by atoms with Gasteiger partial charge in [0.05, 0.1) is 15.9 Å². The average molecular weight is 282 g/mol. The molecule has 0 unspecified atom stereocenters. The summed E-state index contributed by atoms with van der Waals surface area (Å²) >= 11 is 0. The fraction of sp³-hybridized carbons (Fsp3) is 0.364. The molecule has 0 saturated carbocycles. The summed E-state index contributed by atoms with van der Waals surface area (Å²) in [5.41, 5.74) is -1.18. The van der Waals surface area contributed by atoms with Crippen molar-refractivity contribution in [2.45, 2.75) is 26.2 Å². The number of nitro benzene ring substituents is 2. The SMILES string of the molecule is CCCCC(=O)N(N)c1ccc([N+](=O)[O-])cc1[N+](=O)[O-]. The van der Waals surface area contributed by atoms with Gasteiger partial charge in [0.2, 0.25) is 5.91 Å². The van der Waals surface area contributed by atoms with Crippen molar-refractivity contribution in [3.05, 3.63) is 38.4 Å². The van der Waals surface area contributed by atoms with Crippen LogP contribution in [0.25, 0.3) is 0 Å². The second-order valence-corrected chi connectivity index (χ2v) is 4.05. The molecule has 0 fully saturated rings. The fourth-order valence-corrected chi connectivity index (χ4v) is 1.56. The Labute approximate surface area is 114 Å². The summed E-state index contributed by atoms with van der Waals surface area (Å²) in [5.74, 6) is 5.07. The van der Waals surface area contributed by atoms with Crippen molar-refractivity contribution in [3.8, 4) is 0 Å². The minimum absolute atomic E-state index is 0.154. The molecule has 0 saturated heterocycles. The summed E-state index contributed by atoms with van der Waals surface area (Å²) in [6.07, 6.45) is 1.54. The van der Waals surface area contributed by atoms with E-state index in [1.165, 1.54) is 0 Å². The highest BCUT2D eigenvalue weighted by Crippen LogP contribution is 2.31. The zero-order valence-corrected chi connectivity index (χ0v) is 10.8. The standard InChI is InChI=1S/C11H14N4O5/c1-2-3-4-11(16)13(12)9-6-5-8(14(17)18)7-10(9)15(19)20/h5-7H,2-4,12H2,1H3. The van der Waals surface area contributed by atoms with E-state index in [-0.39, 0.29) is 12.1 Å². The molecule has 108 valence electrons. The molecule has 1 aromatic rings. The first-order chi connectivity index (χ1) is 9.38. The lowest BCUT2D eigenvalue weighted by molar-refractivity contribution is -0.393. The van der Waals surface area contributed by atoms with Crippen molar-refractivity contribution in [1.29, 1.82) is 0 Å². The number of hydrogen-bond donors (Lipinski definition) is 1. The summed E-state index contributed by atoms with van der Waals surface area (Å²) in [7, 11) is 0. The van der Waals surface area contributed by atoms with E-state index in [0.29, 0.717) is 11.4 Å². The molecule has 2 N–H and O–H groups in total. The van der Waals surface area contributed by atoms with Gasteiger partial charge in [0.1, 0.15) is 5.69 Å². The predicted molar refractivity (Wildman–Crippen MR) is 70.9 cm³/mol. The minimum atomic E-state index is -0.810. The van der Waals surface area contributed by atoms with E-state index in [0.717, 1.165) is 24.6 Å². The lowest BCUT2D eigenvalue weighted by atomic mass is 10.2. The normalized spacial score (nSPS) is 10.1. The Kier molecular flexibility index (Phi) is 5.09. The Morgan fingerprint density at radius 1 is 1.30 bits per heavy atom. The van der Waals surface area contributed by atoms with Crippen LogP contribution in [-0.2, 0) is 4.79 Å². The van der Waals surface area contributed by atoms with Crippen molar-refractivity contribution in [2.24, 2.45) is 5.84 Å². The number of nitrogens with two attached hydrogens (primary N) is 1. The van der Waals surface area contributed by atoms with Crippen molar-refractivity contribution < 1.29 is 14.6 Å². The first kappa shape index (κ1) is 15.5. The van der Waals surface area contributed by atoms with Gasteiger partial charge in [-0.15, -0.1) is 0 Å². The number of benzene rings is 1. The van der Waals surface area contributed by atoms with Gasteiger partial charge in [-0.3, -0.25) is 25.0 Å². The molecule has 0 aliphatic heterocycles. The molecular weight excluding hydrogens is 268 g/mol. The second kappa shape index (κ2) is 6.57. The number of hydrogen-bond acceptors (Lipinski definition) is 6. The third-order valence-electron chi connectivity index (χ3n) is 2.64. The predicted octanol–water partition coefficient (Wildman–Crippen LogP) is 1.90. The van der Waals surface area contributed by atoms with Crippen molar-refractivity contribution >= 4 is 23.0 Å². The molecule has 0 bridgehead atoms. The van der Waals surface area contributed by atoms with Crippen molar-refractivity contribution in [1.82, 2.24) is 0 Å². The topological polar surface area (TPSA) is 133 Å². The molecule has 0 atom stereocenters. The lowest BCUT2D eigenvalue weighted by Gasteiger charge is -2.16. The number of amides is 1. The van der Waals surface area contributed by atoms with Gasteiger partial charge in [0.15, 0.2) is 0 Å². The molecule has 1 rings (SSSR count). The van der Waals surface area contributed by atoms with Crippen LogP contribution in [0.15, 0.2) is 18.2 Å². The molecule has 0 heterocycles. The van der Waals surface area contributed by atoms with Crippen molar-refractivity contribution in [2.75, 3.05) is 5.01 Å². The number of carbonyl (C=O) groups excluding carboxylic acids is 1. The van der Waals surface area contributed by atoms with Gasteiger partial charge in [-0.1, -0.05) is 13.3 Å². The third-order valence-corrected chi connectivity index (χ3v) is 2.64. The molecule has 0 spiro atoms. The molecule has 0 radical (unpaired) electrons. The van der Waals surface area contributed by atoms with E-state index in [2.05, 4.69) is 0 Å². The summed E-state index contributed by atoms with van der Waals surface area (Å²) in [4.78, 5) is 31.7. The number of nitrogens with zero attached hydrogens (tertiary/aromatic N) is 3. The number of non-ortho nitro benzene ring substituents is 1. The van der Waals surface area contributed by atoms with Gasteiger partial charge >= 0.3 is 5.69 Å². The smallest absolute Gasteiger partial charge is 0.273 e. The maximum absolute atomic E-state index is 11.7. The quantitative estimate of drug-likeness (QED) is 0.366. The molecule has 1 amide bonds. The van der Waals surface area contributed by atoms with Gasteiger partial charge < -0.3 is 0 Å². The summed E-state index contributed by atoms with van der Waals surface area (Å²) in [6.45, 7) is 1.89. The highest BCUT2D eigenvalue weighted by atomic mass is 16.6. The number of hydrazine groups is 1. The van der Waals surface area contributed by atoms with Crippen LogP contribution in [-0.4, -0.2) is 15.8 Å². The Morgan fingerprint density at radius 3 is 2.45 bits per heavy atom. The lowest BCUT2D eigenvalue weighted by Crippen LogP contribution is -2.37. The number of carbonyl (C=O) groups is 1. The van der Waals surface area contributed by atoms with Crippen LogP contribution >= 0.6 is 0 Å². The van der Waals surface area contributed by atoms with Gasteiger partial charge in [0, 0.05) is 12.5 Å². The first-order valence-electron chi connectivity index (χ1n) is 5.89. The Hall–Kier alpha value is -2.55. The van der Waals surface area contributed by atoms with Crippen LogP contribution in [0.5, 0.6) is 0 Å². The van der Waals surface area contributed by atoms with Crippen LogP contribution in [0.4, 0.5) is 17.1 Å². The monoisotopic (exact) mass is 282 g/mol. The van der Waals surface area contributed by atoms with E-state index < -0.39 is 27.1 Å². The minimum Gasteiger partial charge on any atom is -0.273 e. The number of rotatable bonds is 6. The largest absolute Gasteiger partial charge is 0.301 e. The van der Waals surface area contributed by atoms with E-state index in [1.807, 2.05) is 6.92 Å². The van der Waals surface area contributed by atoms with Gasteiger partial charge in [-0.05, 0) is 12.5 Å². The van der Waals surface area contributed by atoms with Crippen LogP contribution in [0, 0.1) is 20.2 Å². The van der Waals surface area contributed by atoms with Gasteiger partial charge in [-0.25, -0.2) is 10.9 Å². The molecule has 9 nitrogen and oxygen atoms in total. The molecule has 20 heavy (non-hydrogen) atoms. The molecule has 9 heteroatoms. The first-order valence-corrected chi connectivity index (χ1v) is 5.89. The fourth-order valence-electron chi connectivity index (χ4n) is 1.56. The molecular formula is C11H14N4O5. The van der Waals surface area contributed by atoms with Crippen LogP contribution in [0.2, 0.25) is 0 Å². The molecule has 0 aromatic heterocycles. The summed E-state index contributed by atoms with van der Waals surface area (Å²) in [6, 6.07) is 2.94. The number of unbranched alkanes of at least 4 members (excludes halogenated alkanes) is 1. The maximum Gasteiger partial charge on any atom is 0.301 e. The molecule has 1 aromatic carbocycles. The number of nitro groups is 2. The summed E-state index contributed by atoms with van der Waals surface area (Å²) in [5, 5.41) is 22.2. The number of anilines is 1. The second-order valence-electron chi connectivity index (χ2n) is 4.05. The Bertz CT molecular complexity index is 546. The molecule has 0 aliphatic carbocycles. The van der Waals surface area contributed by atoms with Gasteiger partial charge in [-0.2, -0.15) is 0 Å². The zero-order chi connectivity index (χ0) is 15.3. The maximum atomic E-state index is 11.7. The van der Waals surface area contributed by atoms with Crippen LogP contribution in [0.3, 0.4) is 0 Å². The van der Waals surface area contributed by atoms with Crippen LogP contribution < -0.4 is 10.9 Å². The van der Waals surface area contributed by atoms with E-state index in [4.69, 9.17) is 5.84 Å². The van der Waals surface area contributed by atoms with E-state index in [9.17, 15) is 25.0 Å². The van der Waals surface area contributed by atoms with Gasteiger partial charge in [0.25, 0.3) is 5.69 Å². The Morgan fingerprint density at radius 2 is 1.95 bits per heavy atom. The van der Waals surface area contributed by atoms with Crippen LogP contribution in [0.1, 0.15) is 26.2 Å². The average Bonchev–Trinajstić information content (AvgIpc) is 2.42. The zero-order valence-electron chi connectivity index (χ0n) is 10.8. The molecule has 0 aliphatic rings. The van der Waals surface area contributed by atoms with Crippen molar-refractivity contribution in [3.63, 3.8) is 0 Å². The van der Waals surface area contributed by atoms with E-state index >= 15 is 0 Å². The Balaban J connectivity index is 3.13.